The van der Waals surface area contributed by atoms with E-state index in [1.165, 1.54) is 10.5 Å². The first kappa shape index (κ1) is 13.5. The standard InChI is InChI=1S/C11H19N3O3S/c1-9-11(7-12-13-9)18(15,16)14(2)8-10-5-3-4-6-17-10/h7,10H,3-6,8H2,1-2H3,(H,12,13). The van der Waals surface area contributed by atoms with Crippen molar-refractivity contribution in [1.82, 2.24) is 14.5 Å². The molecule has 6 nitrogen and oxygen atoms in total. The van der Waals surface area contributed by atoms with E-state index in [0.717, 1.165) is 25.9 Å². The quantitative estimate of drug-likeness (QED) is 0.884. The van der Waals surface area contributed by atoms with Gasteiger partial charge in [-0.15, -0.1) is 0 Å². The lowest BCUT2D eigenvalue weighted by atomic mass is 10.1. The van der Waals surface area contributed by atoms with Gasteiger partial charge in [0, 0.05) is 20.2 Å². The molecule has 0 radical (unpaired) electrons. The maximum Gasteiger partial charge on any atom is 0.246 e. The predicted octanol–water partition coefficient (Wildman–Crippen LogP) is 0.908. The summed E-state index contributed by atoms with van der Waals surface area (Å²) in [7, 11) is -1.88. The molecule has 0 spiro atoms. The first-order valence-corrected chi connectivity index (χ1v) is 7.53. The molecule has 1 aliphatic rings. The topological polar surface area (TPSA) is 75.3 Å². The summed E-state index contributed by atoms with van der Waals surface area (Å²) in [4.78, 5) is 0.237. The van der Waals surface area contributed by atoms with Crippen LogP contribution in [0.1, 0.15) is 25.0 Å². The third-order valence-corrected chi connectivity index (χ3v) is 5.14. The van der Waals surface area contributed by atoms with Gasteiger partial charge in [-0.3, -0.25) is 5.10 Å². The Morgan fingerprint density at radius 2 is 2.33 bits per heavy atom. The Bertz CT molecular complexity index is 491. The normalized spacial score (nSPS) is 21.4. The number of likely N-dealkylation sites (N-methyl/N-ethyl adjacent to an activating group) is 1. The van der Waals surface area contributed by atoms with Crippen LogP contribution in [-0.4, -0.2) is 49.2 Å². The van der Waals surface area contributed by atoms with E-state index >= 15 is 0 Å². The molecular formula is C11H19N3O3S. The van der Waals surface area contributed by atoms with Gasteiger partial charge in [0.05, 0.1) is 18.0 Å². The number of aromatic amines is 1. The summed E-state index contributed by atoms with van der Waals surface area (Å²) in [5.74, 6) is 0. The molecule has 0 aliphatic carbocycles. The van der Waals surface area contributed by atoms with Gasteiger partial charge in [0.2, 0.25) is 10.0 Å². The molecule has 2 rings (SSSR count). The van der Waals surface area contributed by atoms with Crippen molar-refractivity contribution in [2.75, 3.05) is 20.2 Å². The Morgan fingerprint density at radius 3 is 2.89 bits per heavy atom. The minimum Gasteiger partial charge on any atom is -0.377 e. The van der Waals surface area contributed by atoms with Crippen LogP contribution in [0.25, 0.3) is 0 Å². The van der Waals surface area contributed by atoms with E-state index in [1.807, 2.05) is 0 Å². The number of aromatic nitrogens is 2. The van der Waals surface area contributed by atoms with Crippen LogP contribution in [0.3, 0.4) is 0 Å². The second kappa shape index (κ2) is 5.38. The molecule has 1 fully saturated rings. The number of aryl methyl sites for hydroxylation is 1. The lowest BCUT2D eigenvalue weighted by molar-refractivity contribution is 0.00858. The minimum atomic E-state index is -3.47. The summed E-state index contributed by atoms with van der Waals surface area (Å²) in [6.45, 7) is 2.82. The first-order chi connectivity index (χ1) is 8.51. The lowest BCUT2D eigenvalue weighted by Crippen LogP contribution is -2.37. The third kappa shape index (κ3) is 2.73. The van der Waals surface area contributed by atoms with Crippen molar-refractivity contribution in [3.05, 3.63) is 11.9 Å². The molecule has 0 amide bonds. The minimum absolute atomic E-state index is 0.00531. The van der Waals surface area contributed by atoms with Crippen molar-refractivity contribution in [2.45, 2.75) is 37.2 Å². The van der Waals surface area contributed by atoms with Crippen LogP contribution in [0.4, 0.5) is 0 Å². The van der Waals surface area contributed by atoms with E-state index in [-0.39, 0.29) is 11.0 Å². The van der Waals surface area contributed by atoms with Crippen LogP contribution in [0, 0.1) is 6.92 Å². The van der Waals surface area contributed by atoms with Gasteiger partial charge in [0.1, 0.15) is 4.90 Å². The van der Waals surface area contributed by atoms with Gasteiger partial charge in [-0.05, 0) is 26.2 Å². The Hall–Kier alpha value is -0.920. The maximum atomic E-state index is 12.3. The van der Waals surface area contributed by atoms with Crippen LogP contribution in [0.2, 0.25) is 0 Å². The molecule has 1 atom stereocenters. The maximum absolute atomic E-state index is 12.3. The number of sulfonamides is 1. The molecule has 1 unspecified atom stereocenters. The molecule has 1 N–H and O–H groups in total. The Kier molecular flexibility index (Phi) is 4.04. The molecule has 0 bridgehead atoms. The zero-order valence-electron chi connectivity index (χ0n) is 10.7. The number of nitrogens with one attached hydrogen (secondary N) is 1. The fourth-order valence-corrected chi connectivity index (χ4v) is 3.42. The van der Waals surface area contributed by atoms with E-state index in [9.17, 15) is 8.42 Å². The zero-order chi connectivity index (χ0) is 13.2. The first-order valence-electron chi connectivity index (χ1n) is 6.09. The Morgan fingerprint density at radius 1 is 1.56 bits per heavy atom. The molecule has 1 aromatic heterocycles. The molecular weight excluding hydrogens is 254 g/mol. The monoisotopic (exact) mass is 273 g/mol. The van der Waals surface area contributed by atoms with Gasteiger partial charge in [0.15, 0.2) is 0 Å². The van der Waals surface area contributed by atoms with Crippen molar-refractivity contribution in [3.63, 3.8) is 0 Å². The molecule has 0 saturated carbocycles. The molecule has 7 heteroatoms. The highest BCUT2D eigenvalue weighted by Crippen LogP contribution is 2.19. The lowest BCUT2D eigenvalue weighted by Gasteiger charge is -2.26. The van der Waals surface area contributed by atoms with Crippen LogP contribution < -0.4 is 0 Å². The van der Waals surface area contributed by atoms with Crippen LogP contribution >= 0.6 is 0 Å². The van der Waals surface area contributed by atoms with Crippen molar-refractivity contribution < 1.29 is 13.2 Å². The van der Waals surface area contributed by atoms with Gasteiger partial charge in [0.25, 0.3) is 0 Å². The van der Waals surface area contributed by atoms with Crippen LogP contribution in [0.5, 0.6) is 0 Å². The molecule has 102 valence electrons. The van der Waals surface area contributed by atoms with Gasteiger partial charge in [-0.2, -0.15) is 9.40 Å². The molecule has 0 aromatic carbocycles. The van der Waals surface area contributed by atoms with Crippen molar-refractivity contribution in [2.24, 2.45) is 0 Å². The van der Waals surface area contributed by atoms with Gasteiger partial charge < -0.3 is 4.74 Å². The molecule has 1 aliphatic heterocycles. The SMILES string of the molecule is Cc1[nH]ncc1S(=O)(=O)N(C)CC1CCCCO1. The fourth-order valence-electron chi connectivity index (χ4n) is 2.10. The van der Waals surface area contributed by atoms with E-state index in [2.05, 4.69) is 10.2 Å². The van der Waals surface area contributed by atoms with Crippen LogP contribution in [0.15, 0.2) is 11.1 Å². The van der Waals surface area contributed by atoms with Gasteiger partial charge in [-0.1, -0.05) is 0 Å². The second-order valence-electron chi connectivity index (χ2n) is 4.63. The Labute approximate surface area is 107 Å². The summed E-state index contributed by atoms with van der Waals surface area (Å²) < 4.78 is 31.5. The number of nitrogens with zero attached hydrogens (tertiary/aromatic N) is 2. The summed E-state index contributed by atoms with van der Waals surface area (Å²) >= 11 is 0. The van der Waals surface area contributed by atoms with Gasteiger partial charge in [-0.25, -0.2) is 8.42 Å². The van der Waals surface area contributed by atoms with Gasteiger partial charge >= 0.3 is 0 Å². The number of rotatable bonds is 4. The van der Waals surface area contributed by atoms with E-state index in [0.29, 0.717) is 12.2 Å². The number of H-pyrrole nitrogens is 1. The molecule has 1 saturated heterocycles. The Balaban J connectivity index is 2.08. The molecule has 2 heterocycles. The average Bonchev–Trinajstić information content (AvgIpc) is 2.77. The van der Waals surface area contributed by atoms with Crippen LogP contribution in [-0.2, 0) is 14.8 Å². The highest BCUT2D eigenvalue weighted by atomic mass is 32.2. The fraction of sp³-hybridized carbons (Fsp3) is 0.727. The second-order valence-corrected chi connectivity index (χ2v) is 6.65. The number of hydrogen-bond donors (Lipinski definition) is 1. The van der Waals surface area contributed by atoms with Crippen molar-refractivity contribution in [1.29, 1.82) is 0 Å². The summed E-state index contributed by atoms with van der Waals surface area (Å²) in [5.41, 5.74) is 0.561. The number of ether oxygens (including phenoxy) is 1. The molecule has 1 aromatic rings. The van der Waals surface area contributed by atoms with E-state index in [1.54, 1.807) is 14.0 Å². The van der Waals surface area contributed by atoms with Crippen molar-refractivity contribution in [3.8, 4) is 0 Å². The molecule has 18 heavy (non-hydrogen) atoms. The summed E-state index contributed by atoms with van der Waals surface area (Å²) in [6.07, 6.45) is 4.44. The van der Waals surface area contributed by atoms with Crippen molar-refractivity contribution >= 4 is 10.0 Å². The van der Waals surface area contributed by atoms with E-state index in [4.69, 9.17) is 4.74 Å². The third-order valence-electron chi connectivity index (χ3n) is 3.21. The van der Waals surface area contributed by atoms with E-state index < -0.39 is 10.0 Å². The summed E-state index contributed by atoms with van der Waals surface area (Å²) in [6, 6.07) is 0. The summed E-state index contributed by atoms with van der Waals surface area (Å²) in [5, 5.41) is 6.40. The zero-order valence-corrected chi connectivity index (χ0v) is 11.5. The largest absolute Gasteiger partial charge is 0.377 e. The predicted molar refractivity (Wildman–Crippen MR) is 66.7 cm³/mol. The number of hydrogen-bond acceptors (Lipinski definition) is 4. The average molecular weight is 273 g/mol. The highest BCUT2D eigenvalue weighted by Gasteiger charge is 2.27. The smallest absolute Gasteiger partial charge is 0.246 e. The highest BCUT2D eigenvalue weighted by molar-refractivity contribution is 7.89.